The fourth-order valence-corrected chi connectivity index (χ4v) is 6.75. The number of rotatable bonds is 12. The lowest BCUT2D eigenvalue weighted by Gasteiger charge is -2.35. The molecule has 1 aliphatic carbocycles. The molecular formula is C37H55F3N4O2. The largest absolute Gasteiger partial charge is 0.391 e. The Labute approximate surface area is 274 Å². The zero-order valence-corrected chi connectivity index (χ0v) is 28.5. The quantitative estimate of drug-likeness (QED) is 0.188. The van der Waals surface area contributed by atoms with Crippen LogP contribution in [0.25, 0.3) is 0 Å². The third-order valence-corrected chi connectivity index (χ3v) is 9.58. The first-order valence-corrected chi connectivity index (χ1v) is 17.1. The summed E-state index contributed by atoms with van der Waals surface area (Å²) < 4.78 is 37.1. The molecule has 46 heavy (non-hydrogen) atoms. The monoisotopic (exact) mass is 644 g/mol. The van der Waals surface area contributed by atoms with Crippen LogP contribution in [0.3, 0.4) is 0 Å². The molecule has 9 heteroatoms. The predicted molar refractivity (Wildman–Crippen MR) is 178 cm³/mol. The molecule has 2 fully saturated rings. The van der Waals surface area contributed by atoms with Gasteiger partial charge < -0.3 is 10.2 Å². The highest BCUT2D eigenvalue weighted by Gasteiger charge is 2.43. The Morgan fingerprint density at radius 1 is 1.09 bits per heavy atom. The predicted octanol–water partition coefficient (Wildman–Crippen LogP) is 7.99. The molecule has 0 radical (unpaired) electrons. The van der Waals surface area contributed by atoms with Crippen molar-refractivity contribution in [3.8, 4) is 0 Å². The normalized spacial score (nSPS) is 22.1. The van der Waals surface area contributed by atoms with Gasteiger partial charge in [0.2, 0.25) is 11.8 Å². The van der Waals surface area contributed by atoms with E-state index >= 15 is 0 Å². The number of halogens is 3. The number of benzene rings is 1. The molecule has 1 aromatic heterocycles. The molecule has 0 bridgehead atoms. The molecule has 2 heterocycles. The van der Waals surface area contributed by atoms with Crippen molar-refractivity contribution in [2.24, 2.45) is 30.7 Å². The second-order valence-electron chi connectivity index (χ2n) is 13.6. The fraction of sp³-hybridized carbons (Fsp3) is 0.649. The number of carbonyl (C=O) groups excluding carboxylic acids is 2. The SMILES string of the molecule is C=C(C)[C@H]1CCCC[C@H]1C(=O)N1C[C@H](Cc2ccc(C)cc2)CC1C(=O)NCCCc1cnn(C)c1.CCCC[C@@H](C)C(F)(F)F. The summed E-state index contributed by atoms with van der Waals surface area (Å²) in [6, 6.07) is 8.23. The first-order chi connectivity index (χ1) is 21.8. The van der Waals surface area contributed by atoms with Gasteiger partial charge in [-0.15, -0.1) is 0 Å². The number of nitrogens with one attached hydrogen (secondary N) is 1. The van der Waals surface area contributed by atoms with Crippen molar-refractivity contribution in [3.63, 3.8) is 0 Å². The Morgan fingerprint density at radius 2 is 1.76 bits per heavy atom. The summed E-state index contributed by atoms with van der Waals surface area (Å²) in [7, 11) is 1.91. The molecule has 2 amide bonds. The van der Waals surface area contributed by atoms with E-state index in [0.717, 1.165) is 63.4 Å². The first-order valence-electron chi connectivity index (χ1n) is 17.1. The lowest BCUT2D eigenvalue weighted by atomic mass is 9.75. The molecule has 2 aliphatic rings. The third kappa shape index (κ3) is 11.3. The van der Waals surface area contributed by atoms with Crippen LogP contribution in [0.4, 0.5) is 13.2 Å². The van der Waals surface area contributed by atoms with Crippen molar-refractivity contribution in [2.75, 3.05) is 13.1 Å². The standard InChI is InChI=1S/C30H42N4O2.C7H13F3/c1-21(2)26-9-5-6-10-27(26)30(36)34-20-25(16-23-13-11-22(3)12-14-23)17-28(34)29(35)31-15-7-8-24-18-32-33(4)19-24;1-3-4-5-6(2)7(8,9)10/h11-14,18-19,25-28H,1,5-10,15-17,20H2,2-4H3,(H,31,35);6H,3-5H2,1-2H3/t25-,26-,27-,28?;6-/m11/s1. The summed E-state index contributed by atoms with van der Waals surface area (Å²) in [6.45, 7) is 12.7. The molecule has 4 rings (SSSR count). The Balaban J connectivity index is 0.000000498. The molecular weight excluding hydrogens is 589 g/mol. The molecule has 5 atom stereocenters. The molecule has 1 saturated carbocycles. The Hall–Kier alpha value is -3.10. The summed E-state index contributed by atoms with van der Waals surface area (Å²) in [4.78, 5) is 29.2. The van der Waals surface area contributed by atoms with Crippen LogP contribution in [0.15, 0.2) is 48.8 Å². The Kier molecular flexibility index (Phi) is 14.4. The minimum Gasteiger partial charge on any atom is -0.354 e. The molecule has 1 saturated heterocycles. The highest BCUT2D eigenvalue weighted by molar-refractivity contribution is 5.89. The van der Waals surface area contributed by atoms with Gasteiger partial charge in [-0.1, -0.05) is 81.5 Å². The van der Waals surface area contributed by atoms with Gasteiger partial charge in [0, 0.05) is 32.3 Å². The van der Waals surface area contributed by atoms with Crippen LogP contribution in [-0.2, 0) is 29.5 Å². The van der Waals surface area contributed by atoms with Crippen LogP contribution in [0, 0.1) is 30.6 Å². The molecule has 1 N–H and O–H groups in total. The van der Waals surface area contributed by atoms with E-state index in [0.29, 0.717) is 19.5 Å². The van der Waals surface area contributed by atoms with E-state index in [-0.39, 0.29) is 42.0 Å². The molecule has 2 aromatic rings. The topological polar surface area (TPSA) is 67.2 Å². The summed E-state index contributed by atoms with van der Waals surface area (Å²) in [5, 5.41) is 7.35. The maximum atomic E-state index is 13.9. The van der Waals surface area contributed by atoms with Crippen LogP contribution in [0.1, 0.15) is 95.2 Å². The lowest BCUT2D eigenvalue weighted by molar-refractivity contribution is -0.171. The van der Waals surface area contributed by atoms with E-state index < -0.39 is 12.1 Å². The smallest absolute Gasteiger partial charge is 0.354 e. The minimum absolute atomic E-state index is 0.0105. The molecule has 0 spiro atoms. The van der Waals surface area contributed by atoms with E-state index in [1.165, 1.54) is 23.6 Å². The summed E-state index contributed by atoms with van der Waals surface area (Å²) in [5.74, 6) is -0.517. The average molecular weight is 645 g/mol. The Bertz CT molecular complexity index is 1260. The number of likely N-dealkylation sites (tertiary alicyclic amines) is 1. The van der Waals surface area contributed by atoms with E-state index in [1.54, 1.807) is 4.68 Å². The zero-order valence-electron chi connectivity index (χ0n) is 28.5. The summed E-state index contributed by atoms with van der Waals surface area (Å²) >= 11 is 0. The van der Waals surface area contributed by atoms with E-state index in [9.17, 15) is 22.8 Å². The van der Waals surface area contributed by atoms with Crippen LogP contribution < -0.4 is 5.32 Å². The van der Waals surface area contributed by atoms with Crippen molar-refractivity contribution < 1.29 is 22.8 Å². The van der Waals surface area contributed by atoms with Crippen LogP contribution in [0.2, 0.25) is 0 Å². The Morgan fingerprint density at radius 3 is 2.35 bits per heavy atom. The van der Waals surface area contributed by atoms with Gasteiger partial charge in [0.15, 0.2) is 0 Å². The van der Waals surface area contributed by atoms with Gasteiger partial charge in [0.05, 0.1) is 12.1 Å². The highest BCUT2D eigenvalue weighted by atomic mass is 19.4. The van der Waals surface area contributed by atoms with E-state index in [1.807, 2.05) is 38.2 Å². The molecule has 1 aliphatic heterocycles. The lowest BCUT2D eigenvalue weighted by Crippen LogP contribution is -2.49. The van der Waals surface area contributed by atoms with Crippen molar-refractivity contribution >= 4 is 11.8 Å². The molecule has 256 valence electrons. The number of allylic oxidation sites excluding steroid dienone is 1. The van der Waals surface area contributed by atoms with E-state index in [4.69, 9.17) is 0 Å². The maximum absolute atomic E-state index is 13.9. The number of alkyl halides is 3. The average Bonchev–Trinajstić information content (AvgIpc) is 3.64. The summed E-state index contributed by atoms with van der Waals surface area (Å²) in [5.41, 5.74) is 4.78. The second-order valence-corrected chi connectivity index (χ2v) is 13.6. The number of unbranched alkanes of at least 4 members (excludes halogenated alkanes) is 1. The summed E-state index contributed by atoms with van der Waals surface area (Å²) in [6.07, 6.45) is 9.15. The molecule has 1 aromatic carbocycles. The number of nitrogens with zero attached hydrogens (tertiary/aromatic N) is 3. The molecule has 1 unspecified atom stereocenters. The van der Waals surface area contributed by atoms with Gasteiger partial charge in [0.1, 0.15) is 6.04 Å². The van der Waals surface area contributed by atoms with Gasteiger partial charge in [-0.25, -0.2) is 0 Å². The number of amides is 2. The van der Waals surface area contributed by atoms with Gasteiger partial charge in [0.25, 0.3) is 0 Å². The number of carbonyl (C=O) groups is 2. The van der Waals surface area contributed by atoms with Crippen molar-refractivity contribution in [1.29, 1.82) is 0 Å². The van der Waals surface area contributed by atoms with Gasteiger partial charge in [-0.3, -0.25) is 14.3 Å². The van der Waals surface area contributed by atoms with Gasteiger partial charge in [-0.2, -0.15) is 18.3 Å². The van der Waals surface area contributed by atoms with Gasteiger partial charge >= 0.3 is 6.18 Å². The van der Waals surface area contributed by atoms with Crippen molar-refractivity contribution in [3.05, 3.63) is 65.5 Å². The van der Waals surface area contributed by atoms with Crippen molar-refractivity contribution in [1.82, 2.24) is 20.0 Å². The van der Waals surface area contributed by atoms with Crippen LogP contribution >= 0.6 is 0 Å². The number of aryl methyl sites for hydroxylation is 3. The van der Waals surface area contributed by atoms with Crippen LogP contribution in [-0.4, -0.2) is 51.8 Å². The maximum Gasteiger partial charge on any atom is 0.391 e. The van der Waals surface area contributed by atoms with Crippen LogP contribution in [0.5, 0.6) is 0 Å². The number of hydrogen-bond donors (Lipinski definition) is 1. The zero-order chi connectivity index (χ0) is 33.9. The molecule has 6 nitrogen and oxygen atoms in total. The second kappa shape index (κ2) is 17.7. The van der Waals surface area contributed by atoms with Gasteiger partial charge in [-0.05, 0) is 81.8 Å². The third-order valence-electron chi connectivity index (χ3n) is 9.58. The number of aromatic nitrogens is 2. The first kappa shape index (κ1) is 37.4. The fourth-order valence-electron chi connectivity index (χ4n) is 6.75. The van der Waals surface area contributed by atoms with Crippen molar-refractivity contribution in [2.45, 2.75) is 111 Å². The minimum atomic E-state index is -3.99. The highest BCUT2D eigenvalue weighted by Crippen LogP contribution is 2.38. The number of hydrogen-bond acceptors (Lipinski definition) is 3. The van der Waals surface area contributed by atoms with E-state index in [2.05, 4.69) is 48.2 Å².